The third-order valence-electron chi connectivity index (χ3n) is 4.12. The van der Waals surface area contributed by atoms with Crippen LogP contribution < -0.4 is 15.4 Å². The molecule has 0 aliphatic heterocycles. The Kier molecular flexibility index (Phi) is 9.56. The number of nitrogens with one attached hydrogen (secondary N) is 2. The average Bonchev–Trinajstić information content (AvgIpc) is 2.84. The zero-order chi connectivity index (χ0) is 20.0. The van der Waals surface area contributed by atoms with Crippen LogP contribution in [0.15, 0.2) is 23.2 Å². The number of hydrogen-bond acceptors (Lipinski definition) is 3. The smallest absolute Gasteiger partial charge is 0.387 e. The molecule has 28 heavy (non-hydrogen) atoms. The van der Waals surface area contributed by atoms with Crippen molar-refractivity contribution in [3.05, 3.63) is 46.5 Å². The number of benzene rings is 1. The third kappa shape index (κ3) is 6.28. The summed E-state index contributed by atoms with van der Waals surface area (Å²) in [6, 6.07) is 3.82. The van der Waals surface area contributed by atoms with Crippen molar-refractivity contribution in [2.24, 2.45) is 12.0 Å². The van der Waals surface area contributed by atoms with Gasteiger partial charge in [0.2, 0.25) is 0 Å². The van der Waals surface area contributed by atoms with E-state index in [-0.39, 0.29) is 41.8 Å². The highest BCUT2D eigenvalue weighted by molar-refractivity contribution is 14.0. The maximum atomic E-state index is 14.1. The fourth-order valence-corrected chi connectivity index (χ4v) is 2.64. The molecule has 0 saturated carbocycles. The van der Waals surface area contributed by atoms with Gasteiger partial charge in [0, 0.05) is 37.0 Å². The van der Waals surface area contributed by atoms with Crippen molar-refractivity contribution in [2.75, 3.05) is 6.54 Å². The number of guanidine groups is 1. The summed E-state index contributed by atoms with van der Waals surface area (Å²) in [7, 11) is 1.86. The Morgan fingerprint density at radius 1 is 1.25 bits per heavy atom. The molecular formula is C18H25F3IN5O. The predicted octanol–water partition coefficient (Wildman–Crippen LogP) is 3.65. The Morgan fingerprint density at radius 3 is 2.54 bits per heavy atom. The van der Waals surface area contributed by atoms with Gasteiger partial charge in [-0.05, 0) is 32.9 Å². The lowest BCUT2D eigenvalue weighted by Crippen LogP contribution is -2.37. The zero-order valence-corrected chi connectivity index (χ0v) is 18.6. The fraction of sp³-hybridized carbons (Fsp3) is 0.444. The number of aryl methyl sites for hydroxylation is 2. The van der Waals surface area contributed by atoms with Gasteiger partial charge in [-0.1, -0.05) is 6.07 Å². The van der Waals surface area contributed by atoms with E-state index in [4.69, 9.17) is 0 Å². The number of aliphatic imine (C=N–C) groups is 1. The molecule has 0 bridgehead atoms. The van der Waals surface area contributed by atoms with E-state index in [1.807, 2.05) is 27.8 Å². The fourth-order valence-electron chi connectivity index (χ4n) is 2.64. The summed E-state index contributed by atoms with van der Waals surface area (Å²) in [5.41, 5.74) is 2.91. The van der Waals surface area contributed by atoms with Gasteiger partial charge in [0.05, 0.1) is 12.2 Å². The van der Waals surface area contributed by atoms with Crippen molar-refractivity contribution in [3.63, 3.8) is 0 Å². The second kappa shape index (κ2) is 11.1. The lowest BCUT2D eigenvalue weighted by atomic mass is 10.2. The van der Waals surface area contributed by atoms with Crippen LogP contribution in [0.4, 0.5) is 13.2 Å². The van der Waals surface area contributed by atoms with Gasteiger partial charge in [-0.2, -0.15) is 13.9 Å². The maximum absolute atomic E-state index is 14.1. The predicted molar refractivity (Wildman–Crippen MR) is 113 cm³/mol. The molecule has 0 fully saturated rings. The zero-order valence-electron chi connectivity index (χ0n) is 16.2. The van der Waals surface area contributed by atoms with E-state index in [9.17, 15) is 13.2 Å². The molecule has 0 aliphatic carbocycles. The van der Waals surface area contributed by atoms with Crippen molar-refractivity contribution >= 4 is 29.9 Å². The first-order valence-corrected chi connectivity index (χ1v) is 8.56. The number of nitrogens with zero attached hydrogens (tertiary/aromatic N) is 3. The molecule has 0 aliphatic rings. The lowest BCUT2D eigenvalue weighted by Gasteiger charge is -2.15. The van der Waals surface area contributed by atoms with Crippen LogP contribution in [-0.2, 0) is 20.1 Å². The van der Waals surface area contributed by atoms with E-state index in [0.29, 0.717) is 19.0 Å². The van der Waals surface area contributed by atoms with Crippen molar-refractivity contribution < 1.29 is 17.9 Å². The molecule has 2 aromatic rings. The highest BCUT2D eigenvalue weighted by atomic mass is 127. The van der Waals surface area contributed by atoms with Gasteiger partial charge < -0.3 is 15.4 Å². The van der Waals surface area contributed by atoms with Crippen LogP contribution in [0.5, 0.6) is 5.75 Å². The molecule has 6 nitrogen and oxygen atoms in total. The van der Waals surface area contributed by atoms with Crippen molar-refractivity contribution in [3.8, 4) is 5.75 Å². The summed E-state index contributed by atoms with van der Waals surface area (Å²) in [6.45, 7) is 3.67. The van der Waals surface area contributed by atoms with E-state index in [2.05, 4.69) is 25.5 Å². The number of hydrogen-bond donors (Lipinski definition) is 2. The standard InChI is InChI=1S/C18H24F3N5O.HI/c1-5-22-18(23-9-13-11(2)25-26(4)12(13)3)24-10-14-15(19)7-6-8-16(14)27-17(20)21;/h6-8,17H,5,9-10H2,1-4H3,(H2,22,23,24);1H. The molecule has 0 atom stereocenters. The summed E-state index contributed by atoms with van der Waals surface area (Å²) >= 11 is 0. The summed E-state index contributed by atoms with van der Waals surface area (Å²) in [5.74, 6) is -0.394. The minimum Gasteiger partial charge on any atom is -0.434 e. The third-order valence-corrected chi connectivity index (χ3v) is 4.12. The Labute approximate surface area is 179 Å². The number of alkyl halides is 2. The van der Waals surface area contributed by atoms with E-state index in [0.717, 1.165) is 17.0 Å². The number of halogens is 4. The molecule has 0 amide bonds. The highest BCUT2D eigenvalue weighted by Crippen LogP contribution is 2.23. The van der Waals surface area contributed by atoms with Gasteiger partial charge in [0.25, 0.3) is 0 Å². The first kappa shape index (κ1) is 24.1. The minimum atomic E-state index is -3.02. The number of ether oxygens (including phenoxy) is 1. The molecule has 1 aromatic heterocycles. The second-order valence-electron chi connectivity index (χ2n) is 5.92. The molecule has 0 unspecified atom stereocenters. The van der Waals surface area contributed by atoms with Gasteiger partial charge in [0.15, 0.2) is 5.96 Å². The molecule has 2 rings (SSSR count). The molecular weight excluding hydrogens is 486 g/mol. The number of aromatic nitrogens is 2. The quantitative estimate of drug-likeness (QED) is 0.339. The Morgan fingerprint density at radius 2 is 1.96 bits per heavy atom. The van der Waals surface area contributed by atoms with E-state index < -0.39 is 12.4 Å². The molecule has 156 valence electrons. The van der Waals surface area contributed by atoms with Gasteiger partial charge in [-0.3, -0.25) is 4.68 Å². The molecule has 1 aromatic carbocycles. The van der Waals surface area contributed by atoms with Crippen LogP contribution in [-0.4, -0.2) is 28.9 Å². The summed E-state index contributed by atoms with van der Waals surface area (Å²) < 4.78 is 45.3. The Hall–Kier alpha value is -1.98. The molecule has 0 saturated heterocycles. The maximum Gasteiger partial charge on any atom is 0.387 e. The lowest BCUT2D eigenvalue weighted by molar-refractivity contribution is -0.0506. The van der Waals surface area contributed by atoms with Crippen molar-refractivity contribution in [1.29, 1.82) is 0 Å². The average molecular weight is 511 g/mol. The molecule has 1 heterocycles. The Balaban J connectivity index is 0.00000392. The van der Waals surface area contributed by atoms with Crippen molar-refractivity contribution in [2.45, 2.75) is 40.5 Å². The van der Waals surface area contributed by atoms with Crippen molar-refractivity contribution in [1.82, 2.24) is 20.4 Å². The normalized spacial score (nSPS) is 11.4. The highest BCUT2D eigenvalue weighted by Gasteiger charge is 2.14. The Bertz CT molecular complexity index is 811. The van der Waals surface area contributed by atoms with Crippen LogP contribution in [0.25, 0.3) is 0 Å². The number of rotatable bonds is 7. The van der Waals surface area contributed by atoms with E-state index >= 15 is 0 Å². The van der Waals surface area contributed by atoms with Crippen LogP contribution in [0.1, 0.15) is 29.4 Å². The van der Waals surface area contributed by atoms with Gasteiger partial charge in [-0.15, -0.1) is 24.0 Å². The topological polar surface area (TPSA) is 63.5 Å². The molecule has 2 N–H and O–H groups in total. The molecule has 10 heteroatoms. The minimum absolute atomic E-state index is 0. The summed E-state index contributed by atoms with van der Waals surface area (Å²) in [5, 5.41) is 10.4. The van der Waals surface area contributed by atoms with Gasteiger partial charge in [-0.25, -0.2) is 9.38 Å². The second-order valence-corrected chi connectivity index (χ2v) is 5.92. The van der Waals surface area contributed by atoms with Crippen LogP contribution in [0.2, 0.25) is 0 Å². The summed E-state index contributed by atoms with van der Waals surface area (Å²) in [4.78, 5) is 4.48. The molecule has 0 spiro atoms. The van der Waals surface area contributed by atoms with Crippen LogP contribution >= 0.6 is 24.0 Å². The van der Waals surface area contributed by atoms with E-state index in [1.54, 1.807) is 4.68 Å². The van der Waals surface area contributed by atoms with Crippen LogP contribution in [0, 0.1) is 19.7 Å². The van der Waals surface area contributed by atoms with Gasteiger partial charge >= 0.3 is 6.61 Å². The van der Waals surface area contributed by atoms with Gasteiger partial charge in [0.1, 0.15) is 11.6 Å². The SMILES string of the molecule is CCNC(=NCc1c(C)nn(C)c1C)NCc1c(F)cccc1OC(F)F.I. The summed E-state index contributed by atoms with van der Waals surface area (Å²) in [6.07, 6.45) is 0. The van der Waals surface area contributed by atoms with E-state index in [1.165, 1.54) is 18.2 Å². The first-order chi connectivity index (χ1) is 12.8. The molecule has 0 radical (unpaired) electrons. The first-order valence-electron chi connectivity index (χ1n) is 8.56. The van der Waals surface area contributed by atoms with Crippen LogP contribution in [0.3, 0.4) is 0 Å². The monoisotopic (exact) mass is 511 g/mol. The largest absolute Gasteiger partial charge is 0.434 e.